The highest BCUT2D eigenvalue weighted by atomic mass is 32.1. The van der Waals surface area contributed by atoms with Crippen LogP contribution >= 0.6 is 11.3 Å². The third kappa shape index (κ3) is 3.04. The first-order valence-corrected chi connectivity index (χ1v) is 10.6. The van der Waals surface area contributed by atoms with Crippen molar-refractivity contribution in [1.82, 2.24) is 0 Å². The normalized spacial score (nSPS) is 21.2. The van der Waals surface area contributed by atoms with Crippen molar-refractivity contribution in [3.05, 3.63) is 93.3 Å². The van der Waals surface area contributed by atoms with Crippen molar-refractivity contribution in [2.75, 3.05) is 10.6 Å². The van der Waals surface area contributed by atoms with Crippen molar-refractivity contribution in [3.63, 3.8) is 0 Å². The molecule has 1 aliphatic carbocycles. The maximum absolute atomic E-state index is 13.4. The third-order valence-electron chi connectivity index (χ3n) is 5.69. The molecular formula is C24H22N2OS. The van der Waals surface area contributed by atoms with Gasteiger partial charge in [0.2, 0.25) is 0 Å². The Labute approximate surface area is 169 Å². The Morgan fingerprint density at radius 1 is 0.929 bits per heavy atom. The molecule has 2 aromatic carbocycles. The number of allylic oxidation sites excluding steroid dienone is 1. The molecule has 4 heteroatoms. The van der Waals surface area contributed by atoms with Crippen LogP contribution < -0.4 is 10.6 Å². The molecule has 0 bridgehead atoms. The molecule has 0 spiro atoms. The lowest BCUT2D eigenvalue weighted by atomic mass is 9.79. The van der Waals surface area contributed by atoms with Crippen LogP contribution in [0.3, 0.4) is 0 Å². The Hall–Kier alpha value is -2.85. The first-order chi connectivity index (χ1) is 13.7. The highest BCUT2D eigenvalue weighted by molar-refractivity contribution is 7.10. The molecule has 3 nitrogen and oxygen atoms in total. The molecule has 2 heterocycles. The highest BCUT2D eigenvalue weighted by Gasteiger charge is 2.36. The van der Waals surface area contributed by atoms with Gasteiger partial charge in [0.05, 0.1) is 17.4 Å². The summed E-state index contributed by atoms with van der Waals surface area (Å²) in [6.45, 7) is 2.09. The fourth-order valence-electron chi connectivity index (χ4n) is 4.24. The molecule has 0 saturated carbocycles. The number of thiophene rings is 1. The van der Waals surface area contributed by atoms with Gasteiger partial charge in [-0.15, -0.1) is 11.3 Å². The van der Waals surface area contributed by atoms with Gasteiger partial charge in [0.1, 0.15) is 0 Å². The van der Waals surface area contributed by atoms with Crippen LogP contribution in [0.1, 0.15) is 40.8 Å². The average Bonchev–Trinajstić information content (AvgIpc) is 3.17. The Balaban J connectivity index is 1.59. The van der Waals surface area contributed by atoms with E-state index in [1.807, 2.05) is 12.1 Å². The van der Waals surface area contributed by atoms with Gasteiger partial charge in [-0.2, -0.15) is 0 Å². The molecule has 2 N–H and O–H groups in total. The van der Waals surface area contributed by atoms with Crippen LogP contribution in [0.25, 0.3) is 0 Å². The number of carbonyl (C=O) groups excluding carboxylic acids is 1. The molecule has 28 heavy (non-hydrogen) atoms. The summed E-state index contributed by atoms with van der Waals surface area (Å²) in [7, 11) is 0. The fraction of sp³-hybridized carbons (Fsp3) is 0.208. The monoisotopic (exact) mass is 386 g/mol. The van der Waals surface area contributed by atoms with Crippen LogP contribution in [0.4, 0.5) is 11.4 Å². The number of nitrogens with one attached hydrogen (secondary N) is 2. The molecule has 3 aromatic rings. The maximum atomic E-state index is 13.4. The van der Waals surface area contributed by atoms with Crippen LogP contribution in [-0.4, -0.2) is 5.78 Å². The second-order valence-corrected chi connectivity index (χ2v) is 8.57. The van der Waals surface area contributed by atoms with Crippen molar-refractivity contribution in [3.8, 4) is 0 Å². The molecule has 5 rings (SSSR count). The maximum Gasteiger partial charge on any atom is 0.163 e. The smallest absolute Gasteiger partial charge is 0.163 e. The van der Waals surface area contributed by atoms with Crippen LogP contribution in [0.15, 0.2) is 77.3 Å². The minimum absolute atomic E-state index is 0.0994. The number of fused-ring (bicyclic) bond motifs is 1. The Kier molecular flexibility index (Phi) is 4.29. The first-order valence-electron chi connectivity index (χ1n) is 9.68. The average molecular weight is 387 g/mol. The number of hydrogen-bond acceptors (Lipinski definition) is 4. The molecule has 0 saturated heterocycles. The molecule has 0 unspecified atom stereocenters. The summed E-state index contributed by atoms with van der Waals surface area (Å²) in [5, 5.41) is 9.29. The van der Waals surface area contributed by atoms with E-state index in [4.69, 9.17) is 0 Å². The molecule has 140 valence electrons. The number of hydrogen-bond donors (Lipinski definition) is 2. The molecule has 0 amide bonds. The molecule has 0 fully saturated rings. The summed E-state index contributed by atoms with van der Waals surface area (Å²) < 4.78 is 0. The molecule has 0 radical (unpaired) electrons. The zero-order valence-corrected chi connectivity index (χ0v) is 16.6. The van der Waals surface area contributed by atoms with Gasteiger partial charge in [-0.25, -0.2) is 0 Å². The third-order valence-corrected chi connectivity index (χ3v) is 6.62. The van der Waals surface area contributed by atoms with Crippen molar-refractivity contribution in [1.29, 1.82) is 0 Å². The van der Waals surface area contributed by atoms with E-state index in [1.165, 1.54) is 16.0 Å². The van der Waals surface area contributed by atoms with E-state index in [0.29, 0.717) is 6.42 Å². The fourth-order valence-corrected chi connectivity index (χ4v) is 5.02. The Morgan fingerprint density at radius 2 is 1.71 bits per heavy atom. The summed E-state index contributed by atoms with van der Waals surface area (Å²) in [6.07, 6.45) is 1.41. The zero-order valence-electron chi connectivity index (χ0n) is 15.7. The van der Waals surface area contributed by atoms with Gasteiger partial charge < -0.3 is 10.6 Å². The number of ketones is 1. The summed E-state index contributed by atoms with van der Waals surface area (Å²) in [4.78, 5) is 14.5. The number of anilines is 2. The topological polar surface area (TPSA) is 41.1 Å². The van der Waals surface area contributed by atoms with E-state index in [1.54, 1.807) is 11.3 Å². The van der Waals surface area contributed by atoms with Crippen LogP contribution in [0, 0.1) is 6.92 Å². The number of para-hydroxylation sites is 2. The summed E-state index contributed by atoms with van der Waals surface area (Å²) >= 11 is 1.69. The van der Waals surface area contributed by atoms with Crippen molar-refractivity contribution in [2.45, 2.75) is 31.7 Å². The largest absolute Gasteiger partial charge is 0.372 e. The minimum atomic E-state index is -0.0994. The van der Waals surface area contributed by atoms with Gasteiger partial charge in [0.15, 0.2) is 5.78 Å². The van der Waals surface area contributed by atoms with E-state index < -0.39 is 0 Å². The van der Waals surface area contributed by atoms with Gasteiger partial charge >= 0.3 is 0 Å². The molecular weight excluding hydrogens is 364 g/mol. The van der Waals surface area contributed by atoms with Crippen molar-refractivity contribution < 1.29 is 4.79 Å². The number of rotatable bonds is 2. The van der Waals surface area contributed by atoms with Crippen molar-refractivity contribution in [2.24, 2.45) is 0 Å². The Morgan fingerprint density at radius 3 is 2.46 bits per heavy atom. The molecule has 1 aliphatic heterocycles. The van der Waals surface area contributed by atoms with E-state index in [2.05, 4.69) is 71.5 Å². The second kappa shape index (κ2) is 6.95. The predicted molar refractivity (Wildman–Crippen MR) is 116 cm³/mol. The summed E-state index contributed by atoms with van der Waals surface area (Å²) in [5.74, 6) is 0.451. The lowest BCUT2D eigenvalue weighted by Gasteiger charge is -2.29. The lowest BCUT2D eigenvalue weighted by Crippen LogP contribution is -2.26. The number of benzene rings is 2. The van der Waals surface area contributed by atoms with Crippen LogP contribution in [0.2, 0.25) is 0 Å². The molecule has 1 aromatic heterocycles. The summed E-state index contributed by atoms with van der Waals surface area (Å²) in [5.41, 5.74) is 6.50. The van der Waals surface area contributed by atoms with Gasteiger partial charge in [-0.05, 0) is 48.4 Å². The van der Waals surface area contributed by atoms with Crippen LogP contribution in [-0.2, 0) is 4.79 Å². The van der Waals surface area contributed by atoms with Gasteiger partial charge in [-0.3, -0.25) is 4.79 Å². The predicted octanol–water partition coefficient (Wildman–Crippen LogP) is 6.04. The van der Waals surface area contributed by atoms with Gasteiger partial charge in [0.25, 0.3) is 0 Å². The van der Waals surface area contributed by atoms with Gasteiger partial charge in [-0.1, -0.05) is 48.0 Å². The summed E-state index contributed by atoms with van der Waals surface area (Å²) in [6, 6.07) is 20.9. The quantitative estimate of drug-likeness (QED) is 0.564. The number of carbonyl (C=O) groups is 1. The van der Waals surface area contributed by atoms with Crippen LogP contribution in [0.5, 0.6) is 0 Å². The number of aryl methyl sites for hydroxylation is 1. The number of Topliss-reactive ketones (excluding diaryl/α,β-unsaturated/α-hetero) is 1. The second-order valence-electron chi connectivity index (χ2n) is 7.59. The highest BCUT2D eigenvalue weighted by Crippen LogP contribution is 2.44. The van der Waals surface area contributed by atoms with Gasteiger partial charge in [0, 0.05) is 22.6 Å². The van der Waals surface area contributed by atoms with E-state index in [9.17, 15) is 4.79 Å². The first kappa shape index (κ1) is 17.3. The minimum Gasteiger partial charge on any atom is -0.372 e. The molecule has 2 atom stereocenters. The standard InChI is InChI=1S/C24H22N2OS/c1-15-8-10-16(11-9-15)17-13-20-23(21(27)14-17)24(22-7-4-12-28-22)26-19-6-3-2-5-18(19)25-20/h2-12,17,24-26H,13-14H2,1H3/t17-,24-/m1/s1. The van der Waals surface area contributed by atoms with E-state index in [-0.39, 0.29) is 17.7 Å². The van der Waals surface area contributed by atoms with E-state index in [0.717, 1.165) is 29.1 Å². The molecule has 2 aliphatic rings. The Bertz CT molecular complexity index is 1050. The zero-order chi connectivity index (χ0) is 19.1. The van der Waals surface area contributed by atoms with Crippen molar-refractivity contribution >= 4 is 28.5 Å². The lowest BCUT2D eigenvalue weighted by molar-refractivity contribution is -0.116. The van der Waals surface area contributed by atoms with E-state index >= 15 is 0 Å². The SMILES string of the molecule is Cc1ccc([C@H]2CC(=O)C3=C(C2)Nc2ccccc2N[C@@H]3c2cccs2)cc1.